The zero-order chi connectivity index (χ0) is 21.1. The number of nitrogens with zero attached hydrogens (tertiary/aromatic N) is 2. The van der Waals surface area contributed by atoms with Crippen LogP contribution in [0.1, 0.15) is 53.4 Å². The Morgan fingerprint density at radius 3 is 2.52 bits per heavy atom. The van der Waals surface area contributed by atoms with Gasteiger partial charge in [-0.05, 0) is 63.1 Å². The molecule has 1 fully saturated rings. The average Bonchev–Trinajstić information content (AvgIpc) is 3.05. The lowest BCUT2D eigenvalue weighted by Crippen LogP contribution is -2.41. The predicted molar refractivity (Wildman–Crippen MR) is 120 cm³/mol. The minimum absolute atomic E-state index is 0.167. The van der Waals surface area contributed by atoms with E-state index < -0.39 is 5.60 Å². The number of halogens is 1. The highest BCUT2D eigenvalue weighted by Gasteiger charge is 2.51. The van der Waals surface area contributed by atoms with Crippen LogP contribution in [0.25, 0.3) is 21.8 Å². The molecular formula is C23H28BrN3O2. The van der Waals surface area contributed by atoms with Crippen molar-refractivity contribution in [2.24, 2.45) is 11.8 Å². The van der Waals surface area contributed by atoms with Crippen LogP contribution < -0.4 is 0 Å². The lowest BCUT2D eigenvalue weighted by atomic mass is 10.1. The van der Waals surface area contributed by atoms with E-state index >= 15 is 0 Å². The standard InChI is InChI=1S/C23H28BrN3O2/c1-12-13(2)20(12)27(22(28)29-23(4,5)6)14(3)21-25-18-10-7-15-11-16(24)8-9-17(15)19(18)26-21/h7-14,20H,1-6H3,(H,25,26)/t12-,13+,14-,20?/m0/s1. The molecule has 0 bridgehead atoms. The highest BCUT2D eigenvalue weighted by Crippen LogP contribution is 2.46. The monoisotopic (exact) mass is 457 g/mol. The van der Waals surface area contributed by atoms with Gasteiger partial charge in [0.15, 0.2) is 0 Å². The summed E-state index contributed by atoms with van der Waals surface area (Å²) in [6, 6.07) is 10.3. The van der Waals surface area contributed by atoms with Gasteiger partial charge in [0.1, 0.15) is 11.4 Å². The van der Waals surface area contributed by atoms with Crippen molar-refractivity contribution in [1.29, 1.82) is 0 Å². The van der Waals surface area contributed by atoms with Crippen LogP contribution >= 0.6 is 15.9 Å². The predicted octanol–water partition coefficient (Wildman–Crippen LogP) is 6.43. The van der Waals surface area contributed by atoms with E-state index in [9.17, 15) is 4.79 Å². The Morgan fingerprint density at radius 1 is 1.21 bits per heavy atom. The number of H-pyrrole nitrogens is 1. The summed E-state index contributed by atoms with van der Waals surface area (Å²) in [7, 11) is 0. The first-order chi connectivity index (χ1) is 13.6. The maximum atomic E-state index is 13.1. The second kappa shape index (κ2) is 7.01. The molecule has 1 heterocycles. The van der Waals surface area contributed by atoms with Crippen LogP contribution in [0.5, 0.6) is 0 Å². The first-order valence-corrected chi connectivity index (χ1v) is 11.0. The lowest BCUT2D eigenvalue weighted by molar-refractivity contribution is 0.0127. The van der Waals surface area contributed by atoms with E-state index in [1.54, 1.807) is 0 Å². The molecule has 4 rings (SSSR count). The van der Waals surface area contributed by atoms with E-state index in [0.29, 0.717) is 11.8 Å². The summed E-state index contributed by atoms with van der Waals surface area (Å²) in [6.45, 7) is 12.1. The number of carbonyl (C=O) groups is 1. The molecule has 1 amide bonds. The summed E-state index contributed by atoms with van der Waals surface area (Å²) in [5.41, 5.74) is 1.37. The van der Waals surface area contributed by atoms with E-state index in [4.69, 9.17) is 9.72 Å². The fraction of sp³-hybridized carbons (Fsp3) is 0.478. The van der Waals surface area contributed by atoms with Crippen LogP contribution in [0.2, 0.25) is 0 Å². The van der Waals surface area contributed by atoms with E-state index in [2.05, 4.69) is 53.0 Å². The molecule has 4 atom stereocenters. The maximum absolute atomic E-state index is 13.1. The van der Waals surface area contributed by atoms with Crippen LogP contribution in [0, 0.1) is 11.8 Å². The summed E-state index contributed by atoms with van der Waals surface area (Å²) in [6.07, 6.45) is -0.277. The average molecular weight is 458 g/mol. The molecular weight excluding hydrogens is 430 g/mol. The summed E-state index contributed by atoms with van der Waals surface area (Å²) >= 11 is 3.53. The van der Waals surface area contributed by atoms with Crippen LogP contribution in [0.15, 0.2) is 34.8 Å². The van der Waals surface area contributed by atoms with E-state index in [1.165, 1.54) is 0 Å². The number of imidazole rings is 1. The van der Waals surface area contributed by atoms with E-state index in [0.717, 1.165) is 32.1 Å². The SMILES string of the molecule is C[C@@H]1C(N(C(=O)OC(C)(C)C)[C@@H](C)c2nc3c(ccc4cc(Br)ccc43)[nH]2)[C@@H]1C. The number of ether oxygens (including phenoxy) is 1. The number of aromatic amines is 1. The Bertz CT molecular complexity index is 1080. The normalized spacial score (nSPS) is 22.7. The van der Waals surface area contributed by atoms with Gasteiger partial charge in [-0.3, -0.25) is 4.90 Å². The molecule has 1 saturated carbocycles. The van der Waals surface area contributed by atoms with Crippen molar-refractivity contribution in [2.75, 3.05) is 0 Å². The Morgan fingerprint density at radius 2 is 1.90 bits per heavy atom. The number of carbonyl (C=O) groups excluding carboxylic acids is 1. The number of nitrogens with one attached hydrogen (secondary N) is 1. The summed E-state index contributed by atoms with van der Waals surface area (Å²) < 4.78 is 6.78. The highest BCUT2D eigenvalue weighted by molar-refractivity contribution is 9.10. The first kappa shape index (κ1) is 20.2. The molecule has 6 heteroatoms. The highest BCUT2D eigenvalue weighted by atomic mass is 79.9. The third-order valence-electron chi connectivity index (χ3n) is 5.95. The molecule has 1 aromatic heterocycles. The summed E-state index contributed by atoms with van der Waals surface area (Å²) in [5.74, 6) is 1.69. The van der Waals surface area contributed by atoms with Crippen molar-refractivity contribution in [1.82, 2.24) is 14.9 Å². The van der Waals surface area contributed by atoms with E-state index in [-0.39, 0.29) is 18.2 Å². The Kier molecular flexibility index (Phi) is 4.88. The Balaban J connectivity index is 1.73. The van der Waals surface area contributed by atoms with Crippen LogP contribution in [-0.4, -0.2) is 32.6 Å². The topological polar surface area (TPSA) is 58.2 Å². The molecule has 0 radical (unpaired) electrons. The van der Waals surface area contributed by atoms with Crippen molar-refractivity contribution in [3.05, 3.63) is 40.6 Å². The van der Waals surface area contributed by atoms with Crippen molar-refractivity contribution >= 4 is 43.8 Å². The number of amides is 1. The number of aromatic nitrogens is 2. The van der Waals surface area contributed by atoms with Crippen LogP contribution in [0.3, 0.4) is 0 Å². The Hall–Kier alpha value is -2.08. The maximum Gasteiger partial charge on any atom is 0.411 e. The molecule has 1 N–H and O–H groups in total. The summed E-state index contributed by atoms with van der Waals surface area (Å²) in [4.78, 5) is 23.3. The first-order valence-electron chi connectivity index (χ1n) is 10.2. The number of hydrogen-bond acceptors (Lipinski definition) is 3. The van der Waals surface area contributed by atoms with Gasteiger partial charge in [0, 0.05) is 15.9 Å². The molecule has 2 aromatic carbocycles. The van der Waals surface area contributed by atoms with Crippen molar-refractivity contribution in [3.63, 3.8) is 0 Å². The van der Waals surface area contributed by atoms with Gasteiger partial charge in [-0.25, -0.2) is 9.78 Å². The van der Waals surface area contributed by atoms with E-state index in [1.807, 2.05) is 44.7 Å². The molecule has 3 aromatic rings. The third-order valence-corrected chi connectivity index (χ3v) is 6.45. The van der Waals surface area contributed by atoms with Crippen molar-refractivity contribution in [3.8, 4) is 0 Å². The minimum atomic E-state index is -0.534. The number of fused-ring (bicyclic) bond motifs is 3. The molecule has 0 saturated heterocycles. The van der Waals surface area contributed by atoms with Crippen molar-refractivity contribution < 1.29 is 9.53 Å². The van der Waals surface area contributed by atoms with Gasteiger partial charge < -0.3 is 9.72 Å². The fourth-order valence-corrected chi connectivity index (χ4v) is 4.50. The molecule has 1 aliphatic carbocycles. The largest absolute Gasteiger partial charge is 0.444 e. The van der Waals surface area contributed by atoms with Gasteiger partial charge in [0.25, 0.3) is 0 Å². The van der Waals surface area contributed by atoms with Gasteiger partial charge >= 0.3 is 6.09 Å². The van der Waals surface area contributed by atoms with Gasteiger partial charge in [-0.15, -0.1) is 0 Å². The van der Waals surface area contributed by atoms with Gasteiger partial charge in [0.2, 0.25) is 0 Å². The molecule has 29 heavy (non-hydrogen) atoms. The Labute approximate surface area is 179 Å². The molecule has 0 aliphatic heterocycles. The minimum Gasteiger partial charge on any atom is -0.444 e. The lowest BCUT2D eigenvalue weighted by Gasteiger charge is -2.31. The van der Waals surface area contributed by atoms with Crippen LogP contribution in [-0.2, 0) is 4.74 Å². The number of benzene rings is 2. The second-order valence-electron chi connectivity index (χ2n) is 9.22. The quantitative estimate of drug-likeness (QED) is 0.492. The number of hydrogen-bond donors (Lipinski definition) is 1. The second-order valence-corrected chi connectivity index (χ2v) is 10.1. The molecule has 1 unspecified atom stereocenters. The molecule has 154 valence electrons. The molecule has 0 spiro atoms. The smallest absolute Gasteiger partial charge is 0.411 e. The number of rotatable bonds is 3. The third kappa shape index (κ3) is 3.75. The van der Waals surface area contributed by atoms with Gasteiger partial charge in [-0.2, -0.15) is 0 Å². The van der Waals surface area contributed by atoms with Crippen LogP contribution in [0.4, 0.5) is 4.79 Å². The fourth-order valence-electron chi connectivity index (χ4n) is 4.12. The van der Waals surface area contributed by atoms with Crippen molar-refractivity contribution in [2.45, 2.75) is 59.2 Å². The van der Waals surface area contributed by atoms with Gasteiger partial charge in [0.05, 0.1) is 17.1 Å². The zero-order valence-corrected chi connectivity index (χ0v) is 19.4. The molecule has 1 aliphatic rings. The van der Waals surface area contributed by atoms with Gasteiger partial charge in [-0.1, -0.05) is 41.9 Å². The summed E-state index contributed by atoms with van der Waals surface area (Å²) in [5, 5.41) is 2.23. The zero-order valence-electron chi connectivity index (χ0n) is 17.8. The molecule has 5 nitrogen and oxygen atoms in total.